The van der Waals surface area contributed by atoms with Gasteiger partial charge in [0.25, 0.3) is 0 Å². The summed E-state index contributed by atoms with van der Waals surface area (Å²) >= 11 is 0. The number of halogens is 4. The first-order chi connectivity index (χ1) is 10.7. The van der Waals surface area contributed by atoms with Crippen molar-refractivity contribution in [2.24, 2.45) is 0 Å². The van der Waals surface area contributed by atoms with E-state index in [0.717, 1.165) is 23.9 Å². The first kappa shape index (κ1) is 16.4. The SMILES string of the molecule is COC(=O)c1c(N)c(C#N)cn1-c1ccc(C(F)(F)F)cc1F. The first-order valence-corrected chi connectivity index (χ1v) is 6.07. The van der Waals surface area contributed by atoms with Gasteiger partial charge in [-0.2, -0.15) is 18.4 Å². The lowest BCUT2D eigenvalue weighted by Gasteiger charge is -2.12. The number of methoxy groups -OCH3 is 1. The number of hydrogen-bond acceptors (Lipinski definition) is 4. The smallest absolute Gasteiger partial charge is 0.416 e. The number of ether oxygens (including phenoxy) is 1. The third-order valence-corrected chi connectivity index (χ3v) is 3.08. The molecular weight excluding hydrogens is 318 g/mol. The van der Waals surface area contributed by atoms with Crippen molar-refractivity contribution in [2.75, 3.05) is 12.8 Å². The van der Waals surface area contributed by atoms with Crippen molar-refractivity contribution < 1.29 is 27.1 Å². The predicted molar refractivity (Wildman–Crippen MR) is 71.2 cm³/mol. The van der Waals surface area contributed by atoms with Crippen LogP contribution in [0.5, 0.6) is 0 Å². The summed E-state index contributed by atoms with van der Waals surface area (Å²) in [5, 5.41) is 8.94. The van der Waals surface area contributed by atoms with E-state index in [1.54, 1.807) is 6.07 Å². The summed E-state index contributed by atoms with van der Waals surface area (Å²) in [5.74, 6) is -2.19. The zero-order valence-corrected chi connectivity index (χ0v) is 11.6. The predicted octanol–water partition coefficient (Wildman–Crippen LogP) is 2.88. The molecule has 1 heterocycles. The maximum Gasteiger partial charge on any atom is 0.416 e. The minimum atomic E-state index is -4.71. The second-order valence-electron chi connectivity index (χ2n) is 4.44. The number of carbonyl (C=O) groups is 1. The third kappa shape index (κ3) is 2.83. The van der Waals surface area contributed by atoms with Gasteiger partial charge in [0.15, 0.2) is 5.69 Å². The molecule has 2 rings (SSSR count). The number of esters is 1. The Labute approximate surface area is 127 Å². The molecule has 5 nitrogen and oxygen atoms in total. The average molecular weight is 327 g/mol. The summed E-state index contributed by atoms with van der Waals surface area (Å²) in [5.41, 5.74) is 3.35. The average Bonchev–Trinajstić information content (AvgIpc) is 2.82. The van der Waals surface area contributed by atoms with E-state index >= 15 is 0 Å². The largest absolute Gasteiger partial charge is 0.464 e. The zero-order valence-electron chi connectivity index (χ0n) is 11.6. The van der Waals surface area contributed by atoms with Gasteiger partial charge >= 0.3 is 12.1 Å². The fourth-order valence-electron chi connectivity index (χ4n) is 1.98. The van der Waals surface area contributed by atoms with Crippen LogP contribution in [0.25, 0.3) is 5.69 Å². The van der Waals surface area contributed by atoms with Crippen LogP contribution >= 0.6 is 0 Å². The molecule has 0 fully saturated rings. The van der Waals surface area contributed by atoms with E-state index in [2.05, 4.69) is 4.74 Å². The Morgan fingerprint density at radius 2 is 2.04 bits per heavy atom. The summed E-state index contributed by atoms with van der Waals surface area (Å²) < 4.78 is 57.2. The maximum atomic E-state index is 14.1. The van der Waals surface area contributed by atoms with Crippen LogP contribution in [0.3, 0.4) is 0 Å². The number of carbonyl (C=O) groups excluding carboxylic acids is 1. The summed E-state index contributed by atoms with van der Waals surface area (Å²) in [7, 11) is 1.05. The molecule has 0 saturated heterocycles. The Morgan fingerprint density at radius 3 is 2.52 bits per heavy atom. The number of nitrogen functional groups attached to an aromatic ring is 1. The number of aromatic nitrogens is 1. The number of nitrogens with two attached hydrogens (primary N) is 1. The van der Waals surface area contributed by atoms with Gasteiger partial charge in [0, 0.05) is 6.20 Å². The molecule has 0 bridgehead atoms. The lowest BCUT2D eigenvalue weighted by Crippen LogP contribution is -2.13. The molecule has 2 N–H and O–H groups in total. The van der Waals surface area contributed by atoms with Crippen LogP contribution in [0.2, 0.25) is 0 Å². The van der Waals surface area contributed by atoms with Crippen LogP contribution in [0, 0.1) is 17.1 Å². The van der Waals surface area contributed by atoms with Crippen LogP contribution in [0.1, 0.15) is 21.6 Å². The molecule has 23 heavy (non-hydrogen) atoms. The quantitative estimate of drug-likeness (QED) is 0.679. The Morgan fingerprint density at radius 1 is 1.39 bits per heavy atom. The second kappa shape index (κ2) is 5.64. The fraction of sp³-hybridized carbons (Fsp3) is 0.143. The summed E-state index contributed by atoms with van der Waals surface area (Å²) in [6, 6.07) is 3.49. The molecule has 9 heteroatoms. The highest BCUT2D eigenvalue weighted by Gasteiger charge is 2.32. The number of benzene rings is 1. The monoisotopic (exact) mass is 327 g/mol. The molecular formula is C14H9F4N3O2. The van der Waals surface area contributed by atoms with E-state index in [1.807, 2.05) is 0 Å². The van der Waals surface area contributed by atoms with Gasteiger partial charge in [0.2, 0.25) is 0 Å². The van der Waals surface area contributed by atoms with Crippen molar-refractivity contribution >= 4 is 11.7 Å². The van der Waals surface area contributed by atoms with Gasteiger partial charge in [0.05, 0.1) is 29.6 Å². The van der Waals surface area contributed by atoms with E-state index in [4.69, 9.17) is 11.0 Å². The summed E-state index contributed by atoms with van der Waals surface area (Å²) in [4.78, 5) is 11.8. The van der Waals surface area contributed by atoms with Crippen molar-refractivity contribution in [2.45, 2.75) is 6.18 Å². The van der Waals surface area contributed by atoms with Gasteiger partial charge in [-0.15, -0.1) is 0 Å². The highest BCUT2D eigenvalue weighted by molar-refractivity contribution is 5.95. The van der Waals surface area contributed by atoms with Gasteiger partial charge in [-0.1, -0.05) is 0 Å². The van der Waals surface area contributed by atoms with Crippen molar-refractivity contribution in [3.63, 3.8) is 0 Å². The number of hydrogen-bond donors (Lipinski definition) is 1. The molecule has 120 valence electrons. The number of nitriles is 1. The molecule has 0 radical (unpaired) electrons. The highest BCUT2D eigenvalue weighted by Crippen LogP contribution is 2.32. The molecule has 0 aliphatic heterocycles. The van der Waals surface area contributed by atoms with Crippen LogP contribution in [-0.2, 0) is 10.9 Å². The Balaban J connectivity index is 2.68. The molecule has 0 unspecified atom stereocenters. The lowest BCUT2D eigenvalue weighted by atomic mass is 10.2. The van der Waals surface area contributed by atoms with Crippen LogP contribution in [-0.4, -0.2) is 17.6 Å². The fourth-order valence-corrected chi connectivity index (χ4v) is 1.98. The standard InChI is InChI=1S/C14H9F4N3O2/c1-23-13(22)12-11(20)7(5-19)6-21(12)10-3-2-8(4-9(10)15)14(16,17)18/h2-4,6H,20H2,1H3. The van der Waals surface area contributed by atoms with Gasteiger partial charge in [0.1, 0.15) is 11.9 Å². The van der Waals surface area contributed by atoms with Gasteiger partial charge in [-0.05, 0) is 18.2 Å². The highest BCUT2D eigenvalue weighted by atomic mass is 19.4. The summed E-state index contributed by atoms with van der Waals surface area (Å²) in [6.45, 7) is 0. The number of nitrogens with zero attached hydrogens (tertiary/aromatic N) is 2. The van der Waals surface area contributed by atoms with E-state index in [-0.39, 0.29) is 22.6 Å². The maximum absolute atomic E-state index is 14.1. The van der Waals surface area contributed by atoms with E-state index in [1.165, 1.54) is 0 Å². The molecule has 2 aromatic rings. The minimum Gasteiger partial charge on any atom is -0.464 e. The first-order valence-electron chi connectivity index (χ1n) is 6.07. The van der Waals surface area contributed by atoms with E-state index in [9.17, 15) is 22.4 Å². The Bertz CT molecular complexity index is 819. The Kier molecular flexibility index (Phi) is 4.01. The molecule has 1 aromatic heterocycles. The van der Waals surface area contributed by atoms with Crippen LogP contribution in [0.4, 0.5) is 23.2 Å². The van der Waals surface area contributed by atoms with Gasteiger partial charge < -0.3 is 15.0 Å². The van der Waals surface area contributed by atoms with Crippen molar-refractivity contribution in [1.82, 2.24) is 4.57 Å². The molecule has 0 saturated carbocycles. The van der Waals surface area contributed by atoms with Gasteiger partial charge in [-0.3, -0.25) is 0 Å². The molecule has 0 amide bonds. The topological polar surface area (TPSA) is 81.0 Å². The van der Waals surface area contributed by atoms with Crippen LogP contribution in [0.15, 0.2) is 24.4 Å². The van der Waals surface area contributed by atoms with Gasteiger partial charge in [-0.25, -0.2) is 9.18 Å². The minimum absolute atomic E-state index is 0.135. The third-order valence-electron chi connectivity index (χ3n) is 3.08. The molecule has 0 spiro atoms. The number of rotatable bonds is 2. The van der Waals surface area contributed by atoms with E-state index < -0.39 is 23.5 Å². The second-order valence-corrected chi connectivity index (χ2v) is 4.44. The molecule has 0 aliphatic rings. The van der Waals surface area contributed by atoms with E-state index in [0.29, 0.717) is 12.1 Å². The normalized spacial score (nSPS) is 11.1. The lowest BCUT2D eigenvalue weighted by molar-refractivity contribution is -0.137. The Hall–Kier alpha value is -3.02. The summed E-state index contributed by atoms with van der Waals surface area (Å²) in [6.07, 6.45) is -3.66. The number of alkyl halides is 3. The molecule has 1 aromatic carbocycles. The zero-order chi connectivity index (χ0) is 17.4. The molecule has 0 aliphatic carbocycles. The van der Waals surface area contributed by atoms with Crippen LogP contribution < -0.4 is 5.73 Å². The molecule has 0 atom stereocenters. The van der Waals surface area contributed by atoms with Crippen molar-refractivity contribution in [1.29, 1.82) is 5.26 Å². The van der Waals surface area contributed by atoms with Crippen molar-refractivity contribution in [3.05, 3.63) is 47.0 Å². The number of anilines is 1. The van der Waals surface area contributed by atoms with Crippen molar-refractivity contribution in [3.8, 4) is 11.8 Å².